The summed E-state index contributed by atoms with van der Waals surface area (Å²) in [6.45, 7) is 4.18. The lowest BCUT2D eigenvalue weighted by molar-refractivity contribution is -0.660. The van der Waals surface area contributed by atoms with Gasteiger partial charge < -0.3 is 4.42 Å². The number of aromatic nitrogens is 1. The lowest BCUT2D eigenvalue weighted by atomic mass is 9.97. The SMILES string of the molecule is Cc1cc[n+](C)c(-c2c(C)ccc3c2oc2c(-c4ccc5ccccc5c4)c(F)ccc23)c1. The summed E-state index contributed by atoms with van der Waals surface area (Å²) in [6.07, 6.45) is 2.06. The zero-order valence-corrected chi connectivity index (χ0v) is 18.8. The second kappa shape index (κ2) is 7.28. The molecular formula is C30H23FNO+. The topological polar surface area (TPSA) is 17.0 Å². The molecule has 33 heavy (non-hydrogen) atoms. The Morgan fingerprint density at radius 1 is 0.727 bits per heavy atom. The average molecular weight is 433 g/mol. The first kappa shape index (κ1) is 19.7. The summed E-state index contributed by atoms with van der Waals surface area (Å²) in [6, 6.07) is 26.0. The van der Waals surface area contributed by atoms with Gasteiger partial charge in [-0.3, -0.25) is 0 Å². The van der Waals surface area contributed by atoms with Crippen LogP contribution in [0.2, 0.25) is 0 Å². The third kappa shape index (κ3) is 3.04. The van der Waals surface area contributed by atoms with Crippen LogP contribution in [0.4, 0.5) is 4.39 Å². The van der Waals surface area contributed by atoms with Crippen molar-refractivity contribution < 1.29 is 13.4 Å². The summed E-state index contributed by atoms with van der Waals surface area (Å²) in [5.41, 5.74) is 7.11. The van der Waals surface area contributed by atoms with E-state index >= 15 is 4.39 Å². The molecule has 0 aliphatic carbocycles. The van der Waals surface area contributed by atoms with E-state index < -0.39 is 0 Å². The van der Waals surface area contributed by atoms with Crippen LogP contribution < -0.4 is 4.57 Å². The van der Waals surface area contributed by atoms with Crippen molar-refractivity contribution in [3.05, 3.63) is 102 Å². The van der Waals surface area contributed by atoms with Crippen LogP contribution in [0.15, 0.2) is 89.5 Å². The number of hydrogen-bond acceptors (Lipinski definition) is 1. The lowest BCUT2D eigenvalue weighted by Gasteiger charge is -2.07. The van der Waals surface area contributed by atoms with Crippen LogP contribution in [-0.4, -0.2) is 0 Å². The third-order valence-electron chi connectivity index (χ3n) is 6.57. The Bertz CT molecular complexity index is 1710. The quantitative estimate of drug-likeness (QED) is 0.257. The van der Waals surface area contributed by atoms with E-state index in [1.54, 1.807) is 6.07 Å². The molecule has 0 radical (unpaired) electrons. The molecule has 0 aliphatic heterocycles. The molecule has 0 amide bonds. The molecular weight excluding hydrogens is 409 g/mol. The van der Waals surface area contributed by atoms with Gasteiger partial charge in [0.05, 0.1) is 11.1 Å². The molecule has 4 aromatic carbocycles. The minimum Gasteiger partial charge on any atom is -0.454 e. The summed E-state index contributed by atoms with van der Waals surface area (Å²) in [7, 11) is 2.04. The fourth-order valence-electron chi connectivity index (χ4n) is 4.83. The Hall–Kier alpha value is -3.98. The molecule has 0 aliphatic rings. The van der Waals surface area contributed by atoms with Crippen molar-refractivity contribution in [3.63, 3.8) is 0 Å². The molecule has 0 N–H and O–H groups in total. The standard InChI is InChI=1S/C30H23FNO/c1-18-14-15-32(3)26(16-18)27-19(2)8-11-23-24-12-13-25(31)28(30(24)33-29(23)27)22-10-9-20-6-4-5-7-21(20)17-22/h4-17H,1-3H3/q+1. The molecule has 0 bridgehead atoms. The maximum atomic E-state index is 15.3. The molecule has 0 unspecified atom stereocenters. The van der Waals surface area contributed by atoms with Gasteiger partial charge in [-0.1, -0.05) is 48.5 Å². The first-order chi connectivity index (χ1) is 16.0. The van der Waals surface area contributed by atoms with Gasteiger partial charge in [0.2, 0.25) is 5.69 Å². The number of furan rings is 1. The Balaban J connectivity index is 1.70. The molecule has 6 aromatic rings. The number of pyridine rings is 1. The van der Waals surface area contributed by atoms with E-state index in [1.807, 2.05) is 43.4 Å². The van der Waals surface area contributed by atoms with Crippen molar-refractivity contribution in [1.29, 1.82) is 0 Å². The number of fused-ring (bicyclic) bond motifs is 4. The van der Waals surface area contributed by atoms with Gasteiger partial charge in [0, 0.05) is 22.9 Å². The van der Waals surface area contributed by atoms with E-state index in [2.05, 4.69) is 61.0 Å². The number of benzene rings is 4. The van der Waals surface area contributed by atoms with E-state index in [0.29, 0.717) is 11.1 Å². The normalized spacial score (nSPS) is 11.6. The zero-order valence-electron chi connectivity index (χ0n) is 18.8. The Labute approximate surface area is 191 Å². The molecule has 2 nitrogen and oxygen atoms in total. The highest BCUT2D eigenvalue weighted by Crippen LogP contribution is 2.42. The summed E-state index contributed by atoms with van der Waals surface area (Å²) in [5.74, 6) is -0.281. The Kier molecular flexibility index (Phi) is 4.34. The highest BCUT2D eigenvalue weighted by Gasteiger charge is 2.23. The molecule has 0 saturated heterocycles. The Morgan fingerprint density at radius 3 is 2.27 bits per heavy atom. The third-order valence-corrected chi connectivity index (χ3v) is 6.57. The first-order valence-electron chi connectivity index (χ1n) is 11.1. The van der Waals surface area contributed by atoms with Crippen LogP contribution in [-0.2, 0) is 7.05 Å². The van der Waals surface area contributed by atoms with Gasteiger partial charge in [0.25, 0.3) is 0 Å². The number of aryl methyl sites for hydroxylation is 3. The van der Waals surface area contributed by atoms with Crippen LogP contribution in [0.5, 0.6) is 0 Å². The summed E-state index contributed by atoms with van der Waals surface area (Å²) in [5, 5.41) is 4.12. The predicted molar refractivity (Wildman–Crippen MR) is 133 cm³/mol. The van der Waals surface area contributed by atoms with Crippen LogP contribution in [0.25, 0.3) is 55.1 Å². The van der Waals surface area contributed by atoms with Crippen LogP contribution >= 0.6 is 0 Å². The van der Waals surface area contributed by atoms with E-state index in [9.17, 15) is 0 Å². The minimum absolute atomic E-state index is 0.281. The maximum absolute atomic E-state index is 15.3. The van der Waals surface area contributed by atoms with Crippen molar-refractivity contribution in [2.24, 2.45) is 7.05 Å². The van der Waals surface area contributed by atoms with E-state index in [4.69, 9.17) is 4.42 Å². The Morgan fingerprint density at radius 2 is 1.45 bits per heavy atom. The lowest BCUT2D eigenvalue weighted by Crippen LogP contribution is -2.30. The van der Waals surface area contributed by atoms with Crippen molar-refractivity contribution in [3.8, 4) is 22.4 Å². The van der Waals surface area contributed by atoms with Crippen LogP contribution in [0, 0.1) is 19.7 Å². The van der Waals surface area contributed by atoms with Gasteiger partial charge in [-0.2, -0.15) is 0 Å². The van der Waals surface area contributed by atoms with E-state index in [1.165, 1.54) is 5.56 Å². The number of hydrogen-bond donors (Lipinski definition) is 0. The smallest absolute Gasteiger partial charge is 0.216 e. The van der Waals surface area contributed by atoms with Gasteiger partial charge in [-0.25, -0.2) is 8.96 Å². The van der Waals surface area contributed by atoms with E-state index in [-0.39, 0.29) is 5.82 Å². The number of rotatable bonds is 2. The summed E-state index contributed by atoms with van der Waals surface area (Å²) >= 11 is 0. The fourth-order valence-corrected chi connectivity index (χ4v) is 4.83. The van der Waals surface area contributed by atoms with Gasteiger partial charge in [0.1, 0.15) is 24.0 Å². The van der Waals surface area contributed by atoms with Gasteiger partial charge >= 0.3 is 0 Å². The monoisotopic (exact) mass is 432 g/mol. The highest BCUT2D eigenvalue weighted by molar-refractivity contribution is 6.13. The van der Waals surface area contributed by atoms with Crippen molar-refractivity contribution in [2.45, 2.75) is 13.8 Å². The molecule has 6 rings (SSSR count). The molecule has 0 saturated carbocycles. The van der Waals surface area contributed by atoms with Crippen molar-refractivity contribution in [1.82, 2.24) is 0 Å². The molecule has 0 fully saturated rings. The fraction of sp³-hybridized carbons (Fsp3) is 0.100. The summed E-state index contributed by atoms with van der Waals surface area (Å²) in [4.78, 5) is 0. The molecule has 160 valence electrons. The number of halogens is 1. The van der Waals surface area contributed by atoms with E-state index in [0.717, 1.165) is 49.5 Å². The summed E-state index contributed by atoms with van der Waals surface area (Å²) < 4.78 is 23.9. The maximum Gasteiger partial charge on any atom is 0.216 e. The zero-order chi connectivity index (χ0) is 22.7. The van der Waals surface area contributed by atoms with Gasteiger partial charge in [-0.15, -0.1) is 0 Å². The minimum atomic E-state index is -0.281. The van der Waals surface area contributed by atoms with Crippen molar-refractivity contribution in [2.75, 3.05) is 0 Å². The second-order valence-corrected chi connectivity index (χ2v) is 8.80. The highest BCUT2D eigenvalue weighted by atomic mass is 19.1. The largest absolute Gasteiger partial charge is 0.454 e. The predicted octanol–water partition coefficient (Wildman–Crippen LogP) is 7.65. The average Bonchev–Trinajstić information content (AvgIpc) is 3.18. The first-order valence-corrected chi connectivity index (χ1v) is 11.1. The molecule has 2 aromatic heterocycles. The van der Waals surface area contributed by atoms with Crippen molar-refractivity contribution >= 4 is 32.7 Å². The second-order valence-electron chi connectivity index (χ2n) is 8.80. The van der Waals surface area contributed by atoms with Crippen LogP contribution in [0.1, 0.15) is 11.1 Å². The van der Waals surface area contributed by atoms with Crippen LogP contribution in [0.3, 0.4) is 0 Å². The van der Waals surface area contributed by atoms with Gasteiger partial charge in [-0.05, 0) is 59.5 Å². The van der Waals surface area contributed by atoms with Gasteiger partial charge in [0.15, 0.2) is 6.20 Å². The molecule has 0 atom stereocenters. The molecule has 0 spiro atoms. The molecule has 2 heterocycles. The number of nitrogens with zero attached hydrogens (tertiary/aromatic N) is 1. The molecule has 3 heteroatoms.